The molecule has 4 heterocycles. The lowest BCUT2D eigenvalue weighted by Gasteiger charge is -2.50. The Morgan fingerprint density at radius 2 is 1.79 bits per heavy atom. The maximum absolute atomic E-state index is 13.9. The Bertz CT molecular complexity index is 1680. The highest BCUT2D eigenvalue weighted by atomic mass is 16.6. The minimum atomic E-state index is -1.60. The zero-order chi connectivity index (χ0) is 34.2. The van der Waals surface area contributed by atoms with Crippen molar-refractivity contribution in [1.29, 1.82) is 0 Å². The molecule has 14 heteroatoms. The van der Waals surface area contributed by atoms with Crippen LogP contribution in [-0.2, 0) is 19.1 Å². The summed E-state index contributed by atoms with van der Waals surface area (Å²) in [6.45, 7) is 8.48. The van der Waals surface area contributed by atoms with Crippen molar-refractivity contribution in [2.75, 3.05) is 29.9 Å². The van der Waals surface area contributed by atoms with Crippen molar-refractivity contribution in [2.24, 2.45) is 0 Å². The molecule has 0 spiro atoms. The van der Waals surface area contributed by atoms with Gasteiger partial charge in [-0.3, -0.25) is 14.5 Å². The van der Waals surface area contributed by atoms with Crippen molar-refractivity contribution in [2.45, 2.75) is 96.2 Å². The monoisotopic (exact) mass is 661 g/mol. The topological polar surface area (TPSA) is 159 Å². The van der Waals surface area contributed by atoms with E-state index in [4.69, 9.17) is 9.47 Å². The number of aromatic nitrogens is 3. The van der Waals surface area contributed by atoms with Crippen LogP contribution in [-0.4, -0.2) is 91.1 Å². The Balaban J connectivity index is 1.33. The largest absolute Gasteiger partial charge is 0.464 e. The maximum Gasteiger partial charge on any atom is 0.425 e. The van der Waals surface area contributed by atoms with E-state index in [1.165, 1.54) is 23.5 Å². The van der Waals surface area contributed by atoms with Gasteiger partial charge >= 0.3 is 24.0 Å². The van der Waals surface area contributed by atoms with Crippen LogP contribution >= 0.6 is 0 Å². The molecular formula is C34H43N7O7. The first-order valence-electron chi connectivity index (χ1n) is 16.6. The van der Waals surface area contributed by atoms with Gasteiger partial charge in [0, 0.05) is 38.0 Å². The molecule has 1 saturated carbocycles. The smallest absolute Gasteiger partial charge is 0.425 e. The minimum absolute atomic E-state index is 0.0701. The summed E-state index contributed by atoms with van der Waals surface area (Å²) >= 11 is 0. The number of ether oxygens (including phenoxy) is 2. The number of hydrogen-bond donors (Lipinski definition) is 2. The van der Waals surface area contributed by atoms with E-state index in [1.54, 1.807) is 25.7 Å². The molecule has 256 valence electrons. The molecule has 2 aliphatic heterocycles. The van der Waals surface area contributed by atoms with Crippen molar-refractivity contribution in [3.05, 3.63) is 48.3 Å². The van der Waals surface area contributed by atoms with Gasteiger partial charge in [-0.2, -0.15) is 10.00 Å². The van der Waals surface area contributed by atoms with Gasteiger partial charge in [0.1, 0.15) is 17.3 Å². The number of nitrogens with zero attached hydrogens (tertiary/aromatic N) is 6. The van der Waals surface area contributed by atoms with Gasteiger partial charge in [0.05, 0.1) is 23.3 Å². The van der Waals surface area contributed by atoms with Crippen LogP contribution in [0.4, 0.5) is 21.1 Å². The van der Waals surface area contributed by atoms with Crippen LogP contribution in [0.15, 0.2) is 42.7 Å². The fourth-order valence-electron chi connectivity index (χ4n) is 6.64. The molecule has 6 rings (SSSR count). The van der Waals surface area contributed by atoms with Gasteiger partial charge in [0.25, 0.3) is 0 Å². The Morgan fingerprint density at radius 1 is 1.04 bits per heavy atom. The van der Waals surface area contributed by atoms with Crippen molar-refractivity contribution in [3.8, 4) is 0 Å². The van der Waals surface area contributed by atoms with E-state index in [0.29, 0.717) is 37.1 Å². The van der Waals surface area contributed by atoms with Crippen LogP contribution < -0.4 is 10.2 Å². The van der Waals surface area contributed by atoms with Crippen LogP contribution in [0, 0.1) is 0 Å². The highest BCUT2D eigenvalue weighted by Gasteiger charge is 2.41. The molecule has 48 heavy (non-hydrogen) atoms. The zero-order valence-corrected chi connectivity index (χ0v) is 27.8. The van der Waals surface area contributed by atoms with Crippen LogP contribution in [0.3, 0.4) is 0 Å². The zero-order valence-electron chi connectivity index (χ0n) is 27.8. The first-order chi connectivity index (χ1) is 22.9. The molecule has 4 amide bonds. The van der Waals surface area contributed by atoms with Gasteiger partial charge in [0.2, 0.25) is 0 Å². The summed E-state index contributed by atoms with van der Waals surface area (Å²) in [5.74, 6) is -1.82. The quantitative estimate of drug-likeness (QED) is 0.343. The summed E-state index contributed by atoms with van der Waals surface area (Å²) in [7, 11) is 0. The number of rotatable bonds is 5. The third kappa shape index (κ3) is 6.85. The Morgan fingerprint density at radius 3 is 2.42 bits per heavy atom. The third-order valence-corrected chi connectivity index (χ3v) is 9.19. The normalized spacial score (nSPS) is 22.2. The van der Waals surface area contributed by atoms with Crippen LogP contribution in [0.25, 0.3) is 10.9 Å². The second kappa shape index (κ2) is 13.5. The minimum Gasteiger partial charge on any atom is -0.464 e. The van der Waals surface area contributed by atoms with E-state index in [1.807, 2.05) is 30.3 Å². The van der Waals surface area contributed by atoms with Crippen molar-refractivity contribution < 1.29 is 33.8 Å². The number of pyridine rings is 1. The molecule has 1 aliphatic carbocycles. The van der Waals surface area contributed by atoms with E-state index < -0.39 is 35.8 Å². The number of carbonyl (C=O) groups is 4. The molecule has 1 aromatic carbocycles. The van der Waals surface area contributed by atoms with E-state index in [0.717, 1.165) is 31.2 Å². The Labute approximate surface area is 279 Å². The highest BCUT2D eigenvalue weighted by Crippen LogP contribution is 2.36. The standard InChI is InChI=1S/C34H43N7O7/c1-21-18-39(26(22-11-6-5-7-12-22)20-38(21)23-13-10-14-23)31(43)30(42)36-25-17-35-29(41(32(44)45)33(46)48-34(2,3)4)24-19-40(37-28(24)25)27-15-8-9-16-47-27/h5-7,11-12,17,19,21,23,26-27H,8-10,13-16,18,20H2,1-4H3,(H,36,42)(H,44,45)/t21-,26-,27?/m1/s1. The molecule has 3 atom stereocenters. The van der Waals surface area contributed by atoms with Gasteiger partial charge in [0.15, 0.2) is 5.82 Å². The molecule has 3 fully saturated rings. The SMILES string of the molecule is C[C@@H]1CN(C(=O)C(=O)Nc2cnc(N(C(=O)O)C(=O)OC(C)(C)C)c3cn(C4CCCCO4)nc23)[C@@H](c2ccccc2)CN1C1CCC1. The fraction of sp³-hybridized carbons (Fsp3) is 0.529. The number of carbonyl (C=O) groups excluding carboxylic acids is 3. The van der Waals surface area contributed by atoms with E-state index >= 15 is 0 Å². The van der Waals surface area contributed by atoms with E-state index in [-0.39, 0.29) is 34.5 Å². The van der Waals surface area contributed by atoms with Gasteiger partial charge in [-0.15, -0.1) is 0 Å². The lowest BCUT2D eigenvalue weighted by molar-refractivity contribution is -0.149. The first-order valence-corrected chi connectivity index (χ1v) is 16.6. The molecule has 3 aromatic rings. The summed E-state index contributed by atoms with van der Waals surface area (Å²) in [5, 5.41) is 17.6. The molecule has 2 N–H and O–H groups in total. The second-order valence-electron chi connectivity index (χ2n) is 13.8. The predicted molar refractivity (Wildman–Crippen MR) is 176 cm³/mol. The van der Waals surface area contributed by atoms with Gasteiger partial charge in [-0.25, -0.2) is 19.3 Å². The number of hydrogen-bond acceptors (Lipinski definition) is 9. The average molecular weight is 662 g/mol. The number of carboxylic acid groups (broad SMARTS) is 1. The first kappa shape index (κ1) is 33.3. The number of imide groups is 1. The number of benzene rings is 1. The Hall–Kier alpha value is -4.56. The maximum atomic E-state index is 13.9. The van der Waals surface area contributed by atoms with Gasteiger partial charge in [-0.05, 0) is 65.4 Å². The van der Waals surface area contributed by atoms with E-state index in [2.05, 4.69) is 27.2 Å². The molecule has 3 aliphatic rings. The van der Waals surface area contributed by atoms with Gasteiger partial charge < -0.3 is 24.8 Å². The summed E-state index contributed by atoms with van der Waals surface area (Å²) in [4.78, 5) is 61.9. The van der Waals surface area contributed by atoms with E-state index in [9.17, 15) is 24.3 Å². The molecule has 0 radical (unpaired) electrons. The summed E-state index contributed by atoms with van der Waals surface area (Å²) in [5.41, 5.74) is 0.212. The predicted octanol–water partition coefficient (Wildman–Crippen LogP) is 5.31. The number of fused-ring (bicyclic) bond motifs is 1. The molecule has 2 aromatic heterocycles. The summed E-state index contributed by atoms with van der Waals surface area (Å²) in [6, 6.07) is 9.96. The molecule has 14 nitrogen and oxygen atoms in total. The molecular weight excluding hydrogens is 618 g/mol. The van der Waals surface area contributed by atoms with Crippen molar-refractivity contribution in [3.63, 3.8) is 0 Å². The number of nitrogens with one attached hydrogen (secondary N) is 1. The summed E-state index contributed by atoms with van der Waals surface area (Å²) < 4.78 is 12.8. The van der Waals surface area contributed by atoms with Crippen LogP contribution in [0.5, 0.6) is 0 Å². The molecule has 1 unspecified atom stereocenters. The second-order valence-corrected chi connectivity index (χ2v) is 13.8. The highest BCUT2D eigenvalue weighted by molar-refractivity contribution is 6.40. The van der Waals surface area contributed by atoms with Crippen molar-refractivity contribution >= 4 is 46.4 Å². The van der Waals surface area contributed by atoms with Crippen molar-refractivity contribution in [1.82, 2.24) is 24.6 Å². The third-order valence-electron chi connectivity index (χ3n) is 9.19. The Kier molecular flexibility index (Phi) is 9.39. The average Bonchev–Trinajstić information content (AvgIpc) is 3.48. The summed E-state index contributed by atoms with van der Waals surface area (Å²) in [6.07, 6.45) is 5.48. The molecule has 2 saturated heterocycles. The van der Waals surface area contributed by atoms with Crippen LogP contribution in [0.2, 0.25) is 0 Å². The number of anilines is 2. The lowest BCUT2D eigenvalue weighted by atomic mass is 9.88. The number of piperazine rings is 1. The number of amides is 4. The lowest BCUT2D eigenvalue weighted by Crippen LogP contribution is -2.60. The van der Waals surface area contributed by atoms with Crippen LogP contribution in [0.1, 0.15) is 84.1 Å². The molecule has 0 bridgehead atoms. The fourth-order valence-corrected chi connectivity index (χ4v) is 6.64. The van der Waals surface area contributed by atoms with Gasteiger partial charge in [-0.1, -0.05) is 36.8 Å².